The number of benzene rings is 1. The number of rotatable bonds is 5. The lowest BCUT2D eigenvalue weighted by Gasteiger charge is -2.08. The molecule has 0 saturated carbocycles. The molecule has 1 aromatic carbocycles. The van der Waals surface area contributed by atoms with Crippen LogP contribution in [-0.2, 0) is 6.42 Å². The molecule has 0 bridgehead atoms. The minimum absolute atomic E-state index is 0.154. The summed E-state index contributed by atoms with van der Waals surface area (Å²) in [5.74, 6) is 0.709. The van der Waals surface area contributed by atoms with Gasteiger partial charge in [-0.1, -0.05) is 22.9 Å². The maximum Gasteiger partial charge on any atom is 0.321 e. The number of nitrogens with zero attached hydrogens (tertiary/aromatic N) is 2. The van der Waals surface area contributed by atoms with E-state index in [0.29, 0.717) is 11.8 Å². The first-order chi connectivity index (χ1) is 9.17. The van der Waals surface area contributed by atoms with Crippen LogP contribution in [0.3, 0.4) is 0 Å². The summed E-state index contributed by atoms with van der Waals surface area (Å²) in [5, 5.41) is 0. The van der Waals surface area contributed by atoms with Crippen molar-refractivity contribution in [2.75, 3.05) is 0 Å². The Hall–Kier alpha value is -1.46. The lowest BCUT2D eigenvalue weighted by atomic mass is 10.1. The molecular formula is C14H16BrN3O. The topological polar surface area (TPSA) is 61.0 Å². The van der Waals surface area contributed by atoms with Crippen LogP contribution in [-0.4, -0.2) is 16.0 Å². The van der Waals surface area contributed by atoms with E-state index >= 15 is 0 Å². The Morgan fingerprint density at radius 3 is 2.42 bits per heavy atom. The van der Waals surface area contributed by atoms with Gasteiger partial charge in [0.25, 0.3) is 0 Å². The largest absolute Gasteiger partial charge is 0.424 e. The number of halogens is 1. The van der Waals surface area contributed by atoms with E-state index in [9.17, 15) is 0 Å². The number of aromatic nitrogens is 2. The quantitative estimate of drug-likeness (QED) is 0.917. The second-order valence-corrected chi connectivity index (χ2v) is 5.22. The summed E-state index contributed by atoms with van der Waals surface area (Å²) < 4.78 is 6.55. The molecule has 1 heterocycles. The summed E-state index contributed by atoms with van der Waals surface area (Å²) in [6.45, 7) is 2.07. The van der Waals surface area contributed by atoms with Crippen LogP contribution in [0.25, 0.3) is 0 Å². The minimum atomic E-state index is 0.154. The Balaban J connectivity index is 2.00. The number of hydrogen-bond acceptors (Lipinski definition) is 4. The Kier molecular flexibility index (Phi) is 4.87. The van der Waals surface area contributed by atoms with Gasteiger partial charge in [-0.2, -0.15) is 0 Å². The van der Waals surface area contributed by atoms with Gasteiger partial charge in [0.2, 0.25) is 0 Å². The summed E-state index contributed by atoms with van der Waals surface area (Å²) in [6.07, 6.45) is 5.25. The average molecular weight is 322 g/mol. The van der Waals surface area contributed by atoms with Gasteiger partial charge in [0.05, 0.1) is 0 Å². The highest BCUT2D eigenvalue weighted by Crippen LogP contribution is 2.20. The van der Waals surface area contributed by atoms with Crippen molar-refractivity contribution in [3.63, 3.8) is 0 Å². The normalized spacial score (nSPS) is 12.2. The highest BCUT2D eigenvalue weighted by Gasteiger charge is 2.04. The maximum atomic E-state index is 5.89. The van der Waals surface area contributed by atoms with Gasteiger partial charge < -0.3 is 10.5 Å². The standard InChI is InChI=1S/C14H16BrN3O/c1-2-12(16)7-10-8-17-14(18-9-10)19-13-5-3-11(15)4-6-13/h3-6,8-9,12H,2,7,16H2,1H3. The Morgan fingerprint density at radius 2 is 1.84 bits per heavy atom. The molecule has 1 unspecified atom stereocenters. The summed E-state index contributed by atoms with van der Waals surface area (Å²) >= 11 is 3.37. The number of ether oxygens (including phenoxy) is 1. The van der Waals surface area contributed by atoms with Crippen LogP contribution in [0.4, 0.5) is 0 Å². The summed E-state index contributed by atoms with van der Waals surface area (Å²) in [6, 6.07) is 8.02. The third kappa shape index (κ3) is 4.29. The summed E-state index contributed by atoms with van der Waals surface area (Å²) in [5.41, 5.74) is 6.91. The second-order valence-electron chi connectivity index (χ2n) is 4.30. The molecule has 100 valence electrons. The maximum absolute atomic E-state index is 5.89. The SMILES string of the molecule is CCC(N)Cc1cnc(Oc2ccc(Br)cc2)nc1. The first-order valence-electron chi connectivity index (χ1n) is 6.17. The Bertz CT molecular complexity index is 513. The molecular weight excluding hydrogens is 306 g/mol. The van der Waals surface area contributed by atoms with Gasteiger partial charge in [-0.15, -0.1) is 0 Å². The molecule has 0 fully saturated rings. The highest BCUT2D eigenvalue weighted by molar-refractivity contribution is 9.10. The predicted octanol–water partition coefficient (Wildman–Crippen LogP) is 3.31. The molecule has 5 heteroatoms. The van der Waals surface area contributed by atoms with Crippen LogP contribution in [0.1, 0.15) is 18.9 Å². The third-order valence-electron chi connectivity index (χ3n) is 2.73. The van der Waals surface area contributed by atoms with Gasteiger partial charge in [0.15, 0.2) is 0 Å². The molecule has 2 aromatic rings. The highest BCUT2D eigenvalue weighted by atomic mass is 79.9. The Morgan fingerprint density at radius 1 is 1.21 bits per heavy atom. The summed E-state index contributed by atoms with van der Waals surface area (Å²) in [7, 11) is 0. The lowest BCUT2D eigenvalue weighted by Crippen LogP contribution is -2.21. The molecule has 2 N–H and O–H groups in total. The van der Waals surface area contributed by atoms with Gasteiger partial charge in [0, 0.05) is 22.9 Å². The van der Waals surface area contributed by atoms with Gasteiger partial charge in [-0.25, -0.2) is 9.97 Å². The summed E-state index contributed by atoms with van der Waals surface area (Å²) in [4.78, 5) is 8.37. The van der Waals surface area contributed by atoms with Gasteiger partial charge in [0.1, 0.15) is 5.75 Å². The molecule has 1 atom stereocenters. The fraction of sp³-hybridized carbons (Fsp3) is 0.286. The van der Waals surface area contributed by atoms with E-state index in [0.717, 1.165) is 22.9 Å². The van der Waals surface area contributed by atoms with Crippen LogP contribution in [0.15, 0.2) is 41.1 Å². The molecule has 0 aliphatic rings. The molecule has 1 aromatic heterocycles. The van der Waals surface area contributed by atoms with Crippen molar-refractivity contribution < 1.29 is 4.74 Å². The van der Waals surface area contributed by atoms with Crippen molar-refractivity contribution in [2.24, 2.45) is 5.73 Å². The monoisotopic (exact) mass is 321 g/mol. The molecule has 0 amide bonds. The minimum Gasteiger partial charge on any atom is -0.424 e. The van der Waals surface area contributed by atoms with Crippen molar-refractivity contribution in [1.82, 2.24) is 9.97 Å². The van der Waals surface area contributed by atoms with E-state index in [4.69, 9.17) is 10.5 Å². The molecule has 19 heavy (non-hydrogen) atoms. The first-order valence-corrected chi connectivity index (χ1v) is 6.96. The molecule has 0 aliphatic heterocycles. The van der Waals surface area contributed by atoms with Gasteiger partial charge in [-0.05, 0) is 42.7 Å². The van der Waals surface area contributed by atoms with Crippen molar-refractivity contribution in [3.8, 4) is 11.8 Å². The van der Waals surface area contributed by atoms with Crippen molar-refractivity contribution in [3.05, 3.63) is 46.7 Å². The molecule has 0 radical (unpaired) electrons. The van der Waals surface area contributed by atoms with Crippen molar-refractivity contribution in [1.29, 1.82) is 0 Å². The average Bonchev–Trinajstić information content (AvgIpc) is 2.43. The third-order valence-corrected chi connectivity index (χ3v) is 3.26. The van der Waals surface area contributed by atoms with Crippen LogP contribution in [0.5, 0.6) is 11.8 Å². The smallest absolute Gasteiger partial charge is 0.321 e. The predicted molar refractivity (Wildman–Crippen MR) is 78.2 cm³/mol. The van der Waals surface area contributed by atoms with Crippen molar-refractivity contribution in [2.45, 2.75) is 25.8 Å². The van der Waals surface area contributed by atoms with E-state index in [1.807, 2.05) is 24.3 Å². The zero-order valence-corrected chi connectivity index (χ0v) is 12.3. The zero-order chi connectivity index (χ0) is 13.7. The van der Waals surface area contributed by atoms with E-state index in [-0.39, 0.29) is 6.04 Å². The second kappa shape index (κ2) is 6.63. The molecule has 2 rings (SSSR count). The van der Waals surface area contributed by atoms with Gasteiger partial charge in [-0.3, -0.25) is 0 Å². The number of hydrogen-bond donors (Lipinski definition) is 1. The van der Waals surface area contributed by atoms with E-state index in [2.05, 4.69) is 32.8 Å². The van der Waals surface area contributed by atoms with Crippen LogP contribution in [0.2, 0.25) is 0 Å². The zero-order valence-electron chi connectivity index (χ0n) is 10.7. The fourth-order valence-corrected chi connectivity index (χ4v) is 1.82. The van der Waals surface area contributed by atoms with Gasteiger partial charge >= 0.3 is 6.01 Å². The first kappa shape index (κ1) is 14.0. The van der Waals surface area contributed by atoms with Crippen molar-refractivity contribution >= 4 is 15.9 Å². The molecule has 0 spiro atoms. The van der Waals surface area contributed by atoms with Crippen LogP contribution in [0, 0.1) is 0 Å². The number of nitrogens with two attached hydrogens (primary N) is 1. The van der Waals surface area contributed by atoms with Crippen LogP contribution < -0.4 is 10.5 Å². The van der Waals surface area contributed by atoms with Crippen LogP contribution >= 0.6 is 15.9 Å². The Labute approximate surface area is 121 Å². The molecule has 0 aliphatic carbocycles. The van der Waals surface area contributed by atoms with E-state index in [1.165, 1.54) is 0 Å². The molecule has 4 nitrogen and oxygen atoms in total. The van der Waals surface area contributed by atoms with E-state index < -0.39 is 0 Å². The van der Waals surface area contributed by atoms with E-state index in [1.54, 1.807) is 12.4 Å². The fourth-order valence-electron chi connectivity index (χ4n) is 1.56. The molecule has 0 saturated heterocycles. The lowest BCUT2D eigenvalue weighted by molar-refractivity contribution is 0.440.